The highest BCUT2D eigenvalue weighted by atomic mass is 35.5. The molecule has 3 N–H and O–H groups in total. The first-order valence-corrected chi connectivity index (χ1v) is 9.37. The maximum absolute atomic E-state index is 12.4. The van der Waals surface area contributed by atoms with E-state index in [1.54, 1.807) is 4.90 Å². The van der Waals surface area contributed by atoms with Crippen molar-refractivity contribution in [1.29, 1.82) is 0 Å². The Balaban J connectivity index is 1.83. The van der Waals surface area contributed by atoms with Gasteiger partial charge in [-0.2, -0.15) is 0 Å². The predicted molar refractivity (Wildman–Crippen MR) is 105 cm³/mol. The van der Waals surface area contributed by atoms with Gasteiger partial charge in [-0.05, 0) is 39.7 Å². The molecule has 3 heterocycles. The molecule has 0 saturated carbocycles. The summed E-state index contributed by atoms with van der Waals surface area (Å²) in [6.07, 6.45) is 2.65. The first kappa shape index (κ1) is 20.1. The Morgan fingerprint density at radius 1 is 1.32 bits per heavy atom. The van der Waals surface area contributed by atoms with Gasteiger partial charge in [0.15, 0.2) is 5.82 Å². The van der Waals surface area contributed by atoms with Crippen LogP contribution in [0.2, 0.25) is 5.15 Å². The average molecular weight is 407 g/mol. The van der Waals surface area contributed by atoms with E-state index in [-0.39, 0.29) is 22.9 Å². The number of halogens is 1. The Bertz CT molecular complexity index is 914. The largest absolute Gasteiger partial charge is 0.444 e. The molecule has 2 aromatic heterocycles. The van der Waals surface area contributed by atoms with Crippen molar-refractivity contribution in [2.75, 3.05) is 18.4 Å². The average Bonchev–Trinajstić information content (AvgIpc) is 2.60. The number of rotatable bonds is 3. The molecule has 1 aliphatic rings. The fraction of sp³-hybridized carbons (Fsp3) is 0.500. The Morgan fingerprint density at radius 3 is 2.75 bits per heavy atom. The summed E-state index contributed by atoms with van der Waals surface area (Å²) in [4.78, 5) is 38.3. The van der Waals surface area contributed by atoms with Gasteiger partial charge in [0, 0.05) is 19.1 Å². The minimum absolute atomic E-state index is 0.0582. The quantitative estimate of drug-likeness (QED) is 0.750. The highest BCUT2D eigenvalue weighted by molar-refractivity contribution is 6.30. The molecule has 2 aromatic rings. The second kappa shape index (κ2) is 7.75. The zero-order valence-corrected chi connectivity index (χ0v) is 16.8. The normalized spacial score (nSPS) is 17.4. The zero-order chi connectivity index (χ0) is 20.5. The number of hydrogen-bond acceptors (Lipinski definition) is 7. The molecule has 1 saturated heterocycles. The van der Waals surface area contributed by atoms with Crippen LogP contribution in [0.3, 0.4) is 0 Å². The molecule has 150 valence electrons. The molecule has 0 spiro atoms. The number of pyridine rings is 1. The number of likely N-dealkylation sites (tertiary alicyclic amines) is 1. The number of nitrogens with two attached hydrogens (primary N) is 1. The summed E-state index contributed by atoms with van der Waals surface area (Å²) in [5.74, 6) is -0.209. The predicted octanol–water partition coefficient (Wildman–Crippen LogP) is 2.59. The maximum Gasteiger partial charge on any atom is 0.410 e. The van der Waals surface area contributed by atoms with Crippen molar-refractivity contribution >= 4 is 40.5 Å². The monoisotopic (exact) mass is 406 g/mol. The molecule has 2 amide bonds. The van der Waals surface area contributed by atoms with E-state index in [1.165, 1.54) is 12.4 Å². The smallest absolute Gasteiger partial charge is 0.410 e. The van der Waals surface area contributed by atoms with Crippen molar-refractivity contribution in [3.63, 3.8) is 0 Å². The summed E-state index contributed by atoms with van der Waals surface area (Å²) in [5, 5.41) is 3.41. The van der Waals surface area contributed by atoms with Gasteiger partial charge in [0.25, 0.3) is 5.91 Å². The first-order valence-electron chi connectivity index (χ1n) is 8.99. The number of anilines is 1. The molecule has 0 radical (unpaired) electrons. The summed E-state index contributed by atoms with van der Waals surface area (Å²) >= 11 is 6.04. The first-order chi connectivity index (χ1) is 13.1. The molecule has 1 unspecified atom stereocenters. The number of primary amides is 1. The topological polar surface area (TPSA) is 123 Å². The van der Waals surface area contributed by atoms with Gasteiger partial charge in [-0.1, -0.05) is 11.6 Å². The summed E-state index contributed by atoms with van der Waals surface area (Å²) in [7, 11) is 0. The molecule has 0 aromatic carbocycles. The van der Waals surface area contributed by atoms with Crippen LogP contribution in [0.25, 0.3) is 11.0 Å². The van der Waals surface area contributed by atoms with Gasteiger partial charge in [0.05, 0.1) is 5.56 Å². The van der Waals surface area contributed by atoms with E-state index >= 15 is 0 Å². The third-order valence-electron chi connectivity index (χ3n) is 4.24. The summed E-state index contributed by atoms with van der Waals surface area (Å²) in [5.41, 5.74) is 5.74. The van der Waals surface area contributed by atoms with Crippen molar-refractivity contribution in [1.82, 2.24) is 19.9 Å². The third-order valence-corrected chi connectivity index (χ3v) is 4.43. The molecule has 0 bridgehead atoms. The molecule has 10 heteroatoms. The number of hydrogen-bond donors (Lipinski definition) is 2. The van der Waals surface area contributed by atoms with E-state index in [2.05, 4.69) is 20.3 Å². The van der Waals surface area contributed by atoms with Crippen molar-refractivity contribution in [3.8, 4) is 0 Å². The molecule has 9 nitrogen and oxygen atoms in total. The van der Waals surface area contributed by atoms with E-state index in [0.717, 1.165) is 12.8 Å². The van der Waals surface area contributed by atoms with Crippen molar-refractivity contribution in [2.45, 2.75) is 45.3 Å². The van der Waals surface area contributed by atoms with Gasteiger partial charge in [-0.15, -0.1) is 0 Å². The van der Waals surface area contributed by atoms with Crippen LogP contribution in [0.15, 0.2) is 12.4 Å². The number of nitrogens with one attached hydrogen (secondary N) is 1. The third kappa shape index (κ3) is 4.59. The number of aromatic nitrogens is 3. The lowest BCUT2D eigenvalue weighted by atomic mass is 10.1. The summed E-state index contributed by atoms with van der Waals surface area (Å²) in [6.45, 7) is 6.60. The van der Waals surface area contributed by atoms with Gasteiger partial charge < -0.3 is 20.7 Å². The SMILES string of the molecule is CC(C)(C)OC(=O)N1CCCC(Nc2ncnc3c(C(N)=O)cc(Cl)nc23)C1. The van der Waals surface area contributed by atoms with Crippen LogP contribution in [-0.4, -0.2) is 56.6 Å². The molecule has 3 rings (SSSR count). The molecule has 1 fully saturated rings. The number of carbonyl (C=O) groups is 2. The maximum atomic E-state index is 12.4. The fourth-order valence-electron chi connectivity index (χ4n) is 3.08. The zero-order valence-electron chi connectivity index (χ0n) is 16.0. The Labute approximate surface area is 167 Å². The minimum Gasteiger partial charge on any atom is -0.444 e. The lowest BCUT2D eigenvalue weighted by Gasteiger charge is -2.34. The molecule has 28 heavy (non-hydrogen) atoms. The van der Waals surface area contributed by atoms with Crippen molar-refractivity contribution < 1.29 is 14.3 Å². The Morgan fingerprint density at radius 2 is 2.07 bits per heavy atom. The van der Waals surface area contributed by atoms with Crippen LogP contribution in [0.4, 0.5) is 10.6 Å². The number of ether oxygens (including phenoxy) is 1. The van der Waals surface area contributed by atoms with E-state index in [0.29, 0.717) is 29.9 Å². The number of carbonyl (C=O) groups excluding carboxylic acids is 2. The van der Waals surface area contributed by atoms with Gasteiger partial charge in [-0.3, -0.25) is 4.79 Å². The minimum atomic E-state index is -0.646. The second-order valence-corrected chi connectivity index (χ2v) is 8.07. The van der Waals surface area contributed by atoms with E-state index < -0.39 is 11.5 Å². The Hall–Kier alpha value is -2.68. The van der Waals surface area contributed by atoms with Crippen LogP contribution in [0.5, 0.6) is 0 Å². The van der Waals surface area contributed by atoms with E-state index in [4.69, 9.17) is 22.1 Å². The fourth-order valence-corrected chi connectivity index (χ4v) is 3.28. The number of nitrogens with zero attached hydrogens (tertiary/aromatic N) is 4. The van der Waals surface area contributed by atoms with Crippen molar-refractivity contribution in [2.24, 2.45) is 5.73 Å². The van der Waals surface area contributed by atoms with Crippen LogP contribution in [0, 0.1) is 0 Å². The molecule has 1 aliphatic heterocycles. The lowest BCUT2D eigenvalue weighted by molar-refractivity contribution is 0.0206. The molecular weight excluding hydrogens is 384 g/mol. The van der Waals surface area contributed by atoms with Gasteiger partial charge in [0.2, 0.25) is 0 Å². The summed E-state index contributed by atoms with van der Waals surface area (Å²) in [6, 6.07) is 1.32. The van der Waals surface area contributed by atoms with Crippen LogP contribution in [0.1, 0.15) is 44.0 Å². The van der Waals surface area contributed by atoms with Crippen LogP contribution >= 0.6 is 11.6 Å². The van der Waals surface area contributed by atoms with Gasteiger partial charge in [0.1, 0.15) is 28.1 Å². The van der Waals surface area contributed by atoms with Gasteiger partial charge in [-0.25, -0.2) is 19.7 Å². The molecular formula is C18H23ClN6O3. The summed E-state index contributed by atoms with van der Waals surface area (Å²) < 4.78 is 5.46. The number of amides is 2. The second-order valence-electron chi connectivity index (χ2n) is 7.69. The molecule has 0 aliphatic carbocycles. The standard InChI is InChI=1S/C18H23ClN6O3/c1-18(2,3)28-17(27)25-6-4-5-10(8-25)23-16-14-13(21-9-22-16)11(15(20)26)7-12(19)24-14/h7,9-10H,4-6,8H2,1-3H3,(H2,20,26)(H,21,22,23). The molecule has 1 atom stereocenters. The van der Waals surface area contributed by atoms with E-state index in [9.17, 15) is 9.59 Å². The van der Waals surface area contributed by atoms with Crippen LogP contribution in [-0.2, 0) is 4.74 Å². The lowest BCUT2D eigenvalue weighted by Crippen LogP contribution is -2.47. The number of fused-ring (bicyclic) bond motifs is 1. The van der Waals surface area contributed by atoms with Crippen LogP contribution < -0.4 is 11.1 Å². The highest BCUT2D eigenvalue weighted by Crippen LogP contribution is 2.25. The van der Waals surface area contributed by atoms with Gasteiger partial charge >= 0.3 is 6.09 Å². The van der Waals surface area contributed by atoms with E-state index in [1.807, 2.05) is 20.8 Å². The Kier molecular flexibility index (Phi) is 5.55. The van der Waals surface area contributed by atoms with Crippen molar-refractivity contribution in [3.05, 3.63) is 23.1 Å². The number of piperidine rings is 1. The highest BCUT2D eigenvalue weighted by Gasteiger charge is 2.28.